The van der Waals surface area contributed by atoms with E-state index >= 15 is 0 Å². The SMILES string of the molecule is COC(=O)c1cc(-c2c(/C=C/[C@@H]3C[C@H](CC(C)=O)OC(C)(C)O3)c(C(C)C)nc3c2CCCc2ccccc2-3)ccc1F. The van der Waals surface area contributed by atoms with Gasteiger partial charge in [-0.2, -0.15) is 0 Å². The first-order valence-electron chi connectivity index (χ1n) is 15.0. The molecule has 2 aliphatic rings. The predicted octanol–water partition coefficient (Wildman–Crippen LogP) is 7.86. The molecule has 7 heteroatoms. The van der Waals surface area contributed by atoms with E-state index in [1.807, 2.05) is 32.1 Å². The summed E-state index contributed by atoms with van der Waals surface area (Å²) in [5, 5.41) is 0. The predicted molar refractivity (Wildman–Crippen MR) is 165 cm³/mol. The zero-order valence-corrected chi connectivity index (χ0v) is 25.8. The molecule has 0 radical (unpaired) electrons. The van der Waals surface area contributed by atoms with Crippen LogP contribution in [0.2, 0.25) is 0 Å². The Labute approximate surface area is 253 Å². The number of ether oxygens (including phenoxy) is 3. The third-order valence-electron chi connectivity index (χ3n) is 8.09. The van der Waals surface area contributed by atoms with E-state index < -0.39 is 17.6 Å². The Bertz CT molecular complexity index is 1570. The van der Waals surface area contributed by atoms with Gasteiger partial charge in [0.05, 0.1) is 36.3 Å². The maximum Gasteiger partial charge on any atom is 0.340 e. The van der Waals surface area contributed by atoms with Gasteiger partial charge in [0, 0.05) is 24.0 Å². The van der Waals surface area contributed by atoms with Crippen molar-refractivity contribution >= 4 is 17.8 Å². The number of aryl methyl sites for hydroxylation is 1. The molecule has 1 aromatic heterocycles. The monoisotopic (exact) mass is 585 g/mol. The highest BCUT2D eigenvalue weighted by Gasteiger charge is 2.35. The normalized spacial score (nSPS) is 19.5. The minimum Gasteiger partial charge on any atom is -0.465 e. The number of esters is 1. The van der Waals surface area contributed by atoms with E-state index in [1.165, 1.54) is 18.7 Å². The molecule has 0 unspecified atom stereocenters. The van der Waals surface area contributed by atoms with Crippen LogP contribution in [0.15, 0.2) is 48.5 Å². The lowest BCUT2D eigenvalue weighted by molar-refractivity contribution is -0.289. The summed E-state index contributed by atoms with van der Waals surface area (Å²) in [6, 6.07) is 13.0. The highest BCUT2D eigenvalue weighted by atomic mass is 19.1. The first kappa shape index (κ1) is 30.8. The molecule has 226 valence electrons. The first-order valence-corrected chi connectivity index (χ1v) is 15.0. The third-order valence-corrected chi connectivity index (χ3v) is 8.09. The second-order valence-electron chi connectivity index (χ2n) is 12.3. The maximum absolute atomic E-state index is 14.8. The van der Waals surface area contributed by atoms with E-state index in [-0.39, 0.29) is 29.5 Å². The Morgan fingerprint density at radius 2 is 1.91 bits per heavy atom. The van der Waals surface area contributed by atoms with Gasteiger partial charge in [-0.3, -0.25) is 9.78 Å². The van der Waals surface area contributed by atoms with Crippen LogP contribution in [0, 0.1) is 5.82 Å². The van der Waals surface area contributed by atoms with Crippen LogP contribution in [-0.4, -0.2) is 41.8 Å². The van der Waals surface area contributed by atoms with Gasteiger partial charge < -0.3 is 14.2 Å². The van der Waals surface area contributed by atoms with Gasteiger partial charge in [0.2, 0.25) is 0 Å². The Balaban J connectivity index is 1.73. The fraction of sp³-hybridized carbons (Fsp3) is 0.417. The summed E-state index contributed by atoms with van der Waals surface area (Å²) in [6.07, 6.45) is 7.02. The second kappa shape index (κ2) is 12.5. The molecule has 43 heavy (non-hydrogen) atoms. The summed E-state index contributed by atoms with van der Waals surface area (Å²) in [7, 11) is 1.25. The van der Waals surface area contributed by atoms with E-state index in [9.17, 15) is 14.0 Å². The van der Waals surface area contributed by atoms with E-state index in [4.69, 9.17) is 19.2 Å². The lowest BCUT2D eigenvalue weighted by Crippen LogP contribution is -2.44. The van der Waals surface area contributed by atoms with Crippen molar-refractivity contribution < 1.29 is 28.2 Å². The van der Waals surface area contributed by atoms with Crippen molar-refractivity contribution in [1.29, 1.82) is 0 Å². The van der Waals surface area contributed by atoms with Gasteiger partial charge in [0.15, 0.2) is 5.79 Å². The number of aromatic nitrogens is 1. The molecule has 5 rings (SSSR count). The molecule has 2 heterocycles. The summed E-state index contributed by atoms with van der Waals surface area (Å²) >= 11 is 0. The number of carbonyl (C=O) groups is 2. The molecule has 2 atom stereocenters. The lowest BCUT2D eigenvalue weighted by atomic mass is 9.86. The molecule has 3 aromatic rings. The fourth-order valence-corrected chi connectivity index (χ4v) is 6.35. The average Bonchev–Trinajstić information content (AvgIpc) is 3.13. The molecule has 1 saturated heterocycles. The third kappa shape index (κ3) is 6.63. The molecular formula is C36H40FNO5. The number of hydrogen-bond donors (Lipinski definition) is 0. The van der Waals surface area contributed by atoms with E-state index in [1.54, 1.807) is 19.1 Å². The largest absolute Gasteiger partial charge is 0.465 e. The van der Waals surface area contributed by atoms with Gasteiger partial charge in [-0.1, -0.05) is 56.3 Å². The van der Waals surface area contributed by atoms with Crippen molar-refractivity contribution in [3.05, 3.63) is 82.3 Å². The number of halogens is 1. The van der Waals surface area contributed by atoms with Gasteiger partial charge in [-0.25, -0.2) is 9.18 Å². The van der Waals surface area contributed by atoms with E-state index in [0.717, 1.165) is 58.5 Å². The number of hydrogen-bond acceptors (Lipinski definition) is 6. The van der Waals surface area contributed by atoms with Crippen molar-refractivity contribution in [2.75, 3.05) is 7.11 Å². The van der Waals surface area contributed by atoms with Gasteiger partial charge in [0.1, 0.15) is 11.6 Å². The summed E-state index contributed by atoms with van der Waals surface area (Å²) in [6.45, 7) is 9.52. The fourth-order valence-electron chi connectivity index (χ4n) is 6.35. The van der Waals surface area contributed by atoms with Gasteiger partial charge in [0.25, 0.3) is 0 Å². The molecular weight excluding hydrogens is 545 g/mol. The number of carbonyl (C=O) groups excluding carboxylic acids is 2. The van der Waals surface area contributed by atoms with Crippen LogP contribution in [0.25, 0.3) is 28.5 Å². The Morgan fingerprint density at radius 1 is 1.14 bits per heavy atom. The van der Waals surface area contributed by atoms with Crippen molar-refractivity contribution in [3.63, 3.8) is 0 Å². The number of nitrogens with zero attached hydrogens (tertiary/aromatic N) is 1. The second-order valence-corrected chi connectivity index (χ2v) is 12.3. The maximum atomic E-state index is 14.8. The molecule has 6 nitrogen and oxygen atoms in total. The molecule has 2 aromatic carbocycles. The number of rotatable bonds is 7. The smallest absolute Gasteiger partial charge is 0.340 e. The molecule has 1 aliphatic heterocycles. The van der Waals surface area contributed by atoms with Crippen molar-refractivity contribution in [3.8, 4) is 22.4 Å². The summed E-state index contributed by atoms with van der Waals surface area (Å²) < 4.78 is 32.0. The molecule has 1 fully saturated rings. The molecule has 0 amide bonds. The van der Waals surface area contributed by atoms with Crippen LogP contribution < -0.4 is 0 Å². The van der Waals surface area contributed by atoms with Crippen molar-refractivity contribution in [2.45, 2.75) is 90.6 Å². The lowest BCUT2D eigenvalue weighted by Gasteiger charge is -2.39. The van der Waals surface area contributed by atoms with Crippen molar-refractivity contribution in [1.82, 2.24) is 4.98 Å². The molecule has 0 bridgehead atoms. The topological polar surface area (TPSA) is 74.7 Å². The van der Waals surface area contributed by atoms with Gasteiger partial charge in [-0.15, -0.1) is 0 Å². The number of pyridine rings is 1. The quantitative estimate of drug-likeness (QED) is 0.263. The first-order chi connectivity index (χ1) is 20.5. The van der Waals surface area contributed by atoms with Gasteiger partial charge in [-0.05, 0) is 80.3 Å². The van der Waals surface area contributed by atoms with Crippen LogP contribution >= 0.6 is 0 Å². The summed E-state index contributed by atoms with van der Waals surface area (Å²) in [5.74, 6) is -2.06. The van der Waals surface area contributed by atoms with Crippen LogP contribution in [-0.2, 0) is 31.8 Å². The number of benzene rings is 2. The molecule has 0 N–H and O–H groups in total. The minimum absolute atomic E-state index is 0.0668. The molecule has 0 saturated carbocycles. The molecule has 0 spiro atoms. The Hall–Kier alpha value is -3.68. The van der Waals surface area contributed by atoms with Crippen molar-refractivity contribution in [2.24, 2.45) is 0 Å². The summed E-state index contributed by atoms with van der Waals surface area (Å²) in [4.78, 5) is 29.8. The van der Waals surface area contributed by atoms with Crippen LogP contribution in [0.3, 0.4) is 0 Å². The highest BCUT2D eigenvalue weighted by Crippen LogP contribution is 2.42. The Morgan fingerprint density at radius 3 is 2.63 bits per heavy atom. The van der Waals surface area contributed by atoms with Crippen LogP contribution in [0.5, 0.6) is 0 Å². The zero-order chi connectivity index (χ0) is 30.9. The number of ketones is 1. The number of Topliss-reactive ketones (excluding diaryl/α,β-unsaturated/α-hetero) is 1. The standard InChI is InChI=1S/C36H40FNO5/c1-21(2)33-29(16-15-25-20-26(18-22(3)39)43-36(4,5)42-25)32(24-14-17-31(37)30(19-24)35(40)41-6)28-13-9-11-23-10-7-8-12-27(23)34(28)38-33/h7-8,10,12,14-17,19,21,25-26H,9,11,13,18,20H2,1-6H3/b16-15+/t25-,26+/m1/s1. The number of methoxy groups -OCH3 is 1. The highest BCUT2D eigenvalue weighted by molar-refractivity contribution is 5.93. The van der Waals surface area contributed by atoms with E-state index in [2.05, 4.69) is 32.0 Å². The van der Waals surface area contributed by atoms with E-state index in [0.29, 0.717) is 12.8 Å². The minimum atomic E-state index is -0.848. The Kier molecular flexibility index (Phi) is 8.95. The van der Waals surface area contributed by atoms with Gasteiger partial charge >= 0.3 is 5.97 Å². The van der Waals surface area contributed by atoms with Crippen LogP contribution in [0.1, 0.15) is 92.5 Å². The zero-order valence-electron chi connectivity index (χ0n) is 25.8. The number of fused-ring (bicyclic) bond motifs is 3. The summed E-state index contributed by atoms with van der Waals surface area (Å²) in [5.41, 5.74) is 7.71. The van der Waals surface area contributed by atoms with Crippen LogP contribution in [0.4, 0.5) is 4.39 Å². The molecule has 1 aliphatic carbocycles. The average molecular weight is 586 g/mol.